The zero-order chi connectivity index (χ0) is 10.6. The Morgan fingerprint density at radius 1 is 1.50 bits per heavy atom. The molecule has 82 valence electrons. The van der Waals surface area contributed by atoms with E-state index in [1.165, 1.54) is 32.1 Å². The summed E-state index contributed by atoms with van der Waals surface area (Å²) < 4.78 is 0. The van der Waals surface area contributed by atoms with Crippen molar-refractivity contribution in [2.45, 2.75) is 58.4 Å². The summed E-state index contributed by atoms with van der Waals surface area (Å²) in [4.78, 5) is 11.0. The molecular formula is C12H23NO. The minimum absolute atomic E-state index is 0.126. The zero-order valence-corrected chi connectivity index (χ0v) is 9.46. The predicted molar refractivity (Wildman–Crippen MR) is 59.0 cm³/mol. The van der Waals surface area contributed by atoms with Gasteiger partial charge in [0, 0.05) is 0 Å². The van der Waals surface area contributed by atoms with Crippen molar-refractivity contribution >= 4 is 5.78 Å². The van der Waals surface area contributed by atoms with Crippen LogP contribution in [0, 0.1) is 11.8 Å². The van der Waals surface area contributed by atoms with Crippen molar-refractivity contribution in [2.24, 2.45) is 17.6 Å². The molecule has 2 nitrogen and oxygen atoms in total. The minimum atomic E-state index is -0.239. The molecule has 2 atom stereocenters. The van der Waals surface area contributed by atoms with E-state index in [0.29, 0.717) is 5.92 Å². The van der Waals surface area contributed by atoms with Gasteiger partial charge in [-0.3, -0.25) is 4.79 Å². The van der Waals surface area contributed by atoms with Gasteiger partial charge < -0.3 is 5.73 Å². The molecule has 14 heavy (non-hydrogen) atoms. The number of carbonyl (C=O) groups is 1. The standard InChI is InChI=1S/C12H23NO/c1-9(12(13)10(2)14)5-3-6-11-7-4-8-11/h9,11-12H,3-8,13H2,1-2H3/t9-,12+/m0/s1. The van der Waals surface area contributed by atoms with Crippen molar-refractivity contribution in [1.82, 2.24) is 0 Å². The first-order valence-corrected chi connectivity index (χ1v) is 5.87. The highest BCUT2D eigenvalue weighted by molar-refractivity contribution is 5.81. The maximum Gasteiger partial charge on any atom is 0.146 e. The molecule has 1 aliphatic carbocycles. The summed E-state index contributed by atoms with van der Waals surface area (Å²) in [5.74, 6) is 1.46. The Labute approximate surface area is 87.2 Å². The molecule has 0 heterocycles. The Balaban J connectivity index is 2.07. The number of nitrogens with two attached hydrogens (primary N) is 1. The van der Waals surface area contributed by atoms with Crippen molar-refractivity contribution in [1.29, 1.82) is 0 Å². The summed E-state index contributed by atoms with van der Waals surface area (Å²) in [6.07, 6.45) is 7.96. The lowest BCUT2D eigenvalue weighted by Gasteiger charge is -2.26. The summed E-state index contributed by atoms with van der Waals surface area (Å²) in [7, 11) is 0. The first-order valence-electron chi connectivity index (χ1n) is 5.87. The molecule has 0 aromatic heterocycles. The molecule has 0 aliphatic heterocycles. The smallest absolute Gasteiger partial charge is 0.146 e. The third-order valence-corrected chi connectivity index (χ3v) is 3.58. The van der Waals surface area contributed by atoms with Crippen LogP contribution in [0.15, 0.2) is 0 Å². The van der Waals surface area contributed by atoms with Gasteiger partial charge in [0.25, 0.3) is 0 Å². The van der Waals surface area contributed by atoms with Crippen LogP contribution in [-0.4, -0.2) is 11.8 Å². The largest absolute Gasteiger partial charge is 0.321 e. The van der Waals surface area contributed by atoms with Crippen LogP contribution in [0.4, 0.5) is 0 Å². The number of ketones is 1. The van der Waals surface area contributed by atoms with Crippen LogP contribution in [-0.2, 0) is 4.79 Å². The van der Waals surface area contributed by atoms with E-state index in [4.69, 9.17) is 5.73 Å². The van der Waals surface area contributed by atoms with Gasteiger partial charge in [0.1, 0.15) is 5.78 Å². The molecule has 1 aliphatic rings. The van der Waals surface area contributed by atoms with Crippen molar-refractivity contribution in [3.05, 3.63) is 0 Å². The topological polar surface area (TPSA) is 43.1 Å². The Kier molecular flexibility index (Phi) is 4.59. The maximum atomic E-state index is 11.0. The van der Waals surface area contributed by atoms with E-state index in [1.54, 1.807) is 6.92 Å². The molecule has 0 aromatic carbocycles. The first-order chi connectivity index (χ1) is 6.61. The fourth-order valence-electron chi connectivity index (χ4n) is 2.09. The number of hydrogen-bond donors (Lipinski definition) is 1. The van der Waals surface area contributed by atoms with Crippen LogP contribution < -0.4 is 5.73 Å². The summed E-state index contributed by atoms with van der Waals surface area (Å²) >= 11 is 0. The van der Waals surface area contributed by atoms with E-state index in [2.05, 4.69) is 6.92 Å². The Hall–Kier alpha value is -0.370. The number of rotatable bonds is 6. The highest BCUT2D eigenvalue weighted by Crippen LogP contribution is 2.31. The van der Waals surface area contributed by atoms with Crippen molar-refractivity contribution in [3.63, 3.8) is 0 Å². The average Bonchev–Trinajstić information content (AvgIpc) is 2.07. The average molecular weight is 197 g/mol. The normalized spacial score (nSPS) is 21.4. The van der Waals surface area contributed by atoms with Crippen LogP contribution in [0.1, 0.15) is 52.4 Å². The Bertz CT molecular complexity index is 187. The lowest BCUT2D eigenvalue weighted by Crippen LogP contribution is -2.35. The van der Waals surface area contributed by atoms with Crippen LogP contribution >= 0.6 is 0 Å². The van der Waals surface area contributed by atoms with E-state index in [9.17, 15) is 4.79 Å². The lowest BCUT2D eigenvalue weighted by molar-refractivity contribution is -0.119. The third kappa shape index (κ3) is 3.41. The van der Waals surface area contributed by atoms with E-state index < -0.39 is 0 Å². The van der Waals surface area contributed by atoms with Gasteiger partial charge in [0.2, 0.25) is 0 Å². The highest BCUT2D eigenvalue weighted by atomic mass is 16.1. The van der Waals surface area contributed by atoms with E-state index in [-0.39, 0.29) is 11.8 Å². The van der Waals surface area contributed by atoms with Crippen LogP contribution in [0.2, 0.25) is 0 Å². The van der Waals surface area contributed by atoms with Gasteiger partial charge >= 0.3 is 0 Å². The summed E-state index contributed by atoms with van der Waals surface area (Å²) in [6.45, 7) is 3.68. The summed E-state index contributed by atoms with van der Waals surface area (Å²) in [5.41, 5.74) is 5.77. The van der Waals surface area contributed by atoms with Gasteiger partial charge in [0.05, 0.1) is 6.04 Å². The fraction of sp³-hybridized carbons (Fsp3) is 0.917. The van der Waals surface area contributed by atoms with Crippen LogP contribution in [0.25, 0.3) is 0 Å². The van der Waals surface area contributed by atoms with Crippen LogP contribution in [0.5, 0.6) is 0 Å². The predicted octanol–water partition coefficient (Wildman–Crippen LogP) is 2.51. The second-order valence-corrected chi connectivity index (χ2v) is 4.84. The van der Waals surface area contributed by atoms with Gasteiger partial charge in [0.15, 0.2) is 0 Å². The molecule has 0 saturated heterocycles. The number of hydrogen-bond acceptors (Lipinski definition) is 2. The molecule has 1 fully saturated rings. The molecule has 2 N–H and O–H groups in total. The Morgan fingerprint density at radius 2 is 2.14 bits per heavy atom. The van der Waals surface area contributed by atoms with Gasteiger partial charge in [-0.2, -0.15) is 0 Å². The molecule has 0 spiro atoms. The lowest BCUT2D eigenvalue weighted by atomic mass is 9.80. The van der Waals surface area contributed by atoms with E-state index in [0.717, 1.165) is 12.3 Å². The quantitative estimate of drug-likeness (QED) is 0.711. The fourth-order valence-corrected chi connectivity index (χ4v) is 2.09. The third-order valence-electron chi connectivity index (χ3n) is 3.58. The number of Topliss-reactive ketones (excluding diaryl/α,β-unsaturated/α-hetero) is 1. The van der Waals surface area contributed by atoms with Gasteiger partial charge in [-0.1, -0.05) is 39.0 Å². The molecule has 0 bridgehead atoms. The maximum absolute atomic E-state index is 11.0. The van der Waals surface area contributed by atoms with Gasteiger partial charge in [-0.05, 0) is 25.2 Å². The Morgan fingerprint density at radius 3 is 2.57 bits per heavy atom. The zero-order valence-electron chi connectivity index (χ0n) is 9.46. The van der Waals surface area contributed by atoms with Crippen LogP contribution in [0.3, 0.4) is 0 Å². The summed E-state index contributed by atoms with van der Waals surface area (Å²) in [6, 6.07) is -0.239. The van der Waals surface area contributed by atoms with E-state index in [1.807, 2.05) is 0 Å². The molecule has 1 saturated carbocycles. The molecule has 0 aromatic rings. The highest BCUT2D eigenvalue weighted by Gasteiger charge is 2.19. The number of carbonyl (C=O) groups excluding carboxylic acids is 1. The molecule has 2 heteroatoms. The summed E-state index contributed by atoms with van der Waals surface area (Å²) in [5, 5.41) is 0. The molecular weight excluding hydrogens is 174 g/mol. The minimum Gasteiger partial charge on any atom is -0.321 e. The van der Waals surface area contributed by atoms with Gasteiger partial charge in [-0.15, -0.1) is 0 Å². The second-order valence-electron chi connectivity index (χ2n) is 4.84. The monoisotopic (exact) mass is 197 g/mol. The molecule has 0 amide bonds. The van der Waals surface area contributed by atoms with Crippen molar-refractivity contribution < 1.29 is 4.79 Å². The molecule has 1 rings (SSSR count). The second kappa shape index (κ2) is 5.50. The van der Waals surface area contributed by atoms with E-state index >= 15 is 0 Å². The van der Waals surface area contributed by atoms with Crippen molar-refractivity contribution in [2.75, 3.05) is 0 Å². The molecule has 0 unspecified atom stereocenters. The molecule has 0 radical (unpaired) electrons. The SMILES string of the molecule is CC(=O)[C@H](N)[C@@H](C)CCCC1CCC1. The van der Waals surface area contributed by atoms with Crippen molar-refractivity contribution in [3.8, 4) is 0 Å². The van der Waals surface area contributed by atoms with Gasteiger partial charge in [-0.25, -0.2) is 0 Å². The first kappa shape index (κ1) is 11.7.